The maximum atomic E-state index is 2.40. The van der Waals surface area contributed by atoms with Crippen molar-refractivity contribution in [3.8, 4) is 0 Å². The van der Waals surface area contributed by atoms with Crippen molar-refractivity contribution >= 4 is 18.4 Å². The van der Waals surface area contributed by atoms with Crippen LogP contribution < -0.4 is 0 Å². The van der Waals surface area contributed by atoms with E-state index in [1.54, 1.807) is 0 Å². The highest BCUT2D eigenvalue weighted by Crippen LogP contribution is 2.34. The molecule has 0 spiro atoms. The number of benzene rings is 1. The van der Waals surface area contributed by atoms with Crippen molar-refractivity contribution in [2.45, 2.75) is 44.3 Å². The largest absolute Gasteiger partial charge is 0.151 e. The van der Waals surface area contributed by atoms with Crippen LogP contribution in [0.5, 0.6) is 0 Å². The fraction of sp³-hybridized carbons (Fsp3) is 0.500. The van der Waals surface area contributed by atoms with Gasteiger partial charge in [0, 0.05) is 4.90 Å². The van der Waals surface area contributed by atoms with Gasteiger partial charge >= 0.3 is 0 Å². The molecular weight excluding hydrogens is 204 g/mol. The Kier molecular flexibility index (Phi) is 3.84. The predicted octanol–water partition coefficient (Wildman–Crippen LogP) is 4.74. The van der Waals surface area contributed by atoms with E-state index in [-0.39, 0.29) is 0 Å². The maximum absolute atomic E-state index is 2.40. The molecular formula is C12H20SSi. The van der Waals surface area contributed by atoms with Gasteiger partial charge in [-0.15, -0.1) is 0 Å². The lowest BCUT2D eigenvalue weighted by Gasteiger charge is -2.19. The Morgan fingerprint density at radius 1 is 1.07 bits per heavy atom. The summed E-state index contributed by atoms with van der Waals surface area (Å²) < 4.78 is 0. The molecule has 0 aliphatic carbocycles. The van der Waals surface area contributed by atoms with Gasteiger partial charge in [-0.05, 0) is 17.5 Å². The third kappa shape index (κ3) is 3.50. The van der Waals surface area contributed by atoms with Crippen LogP contribution in [-0.2, 0) is 0 Å². The van der Waals surface area contributed by atoms with Crippen molar-refractivity contribution < 1.29 is 0 Å². The summed E-state index contributed by atoms with van der Waals surface area (Å²) in [5, 5.41) is 0. The van der Waals surface area contributed by atoms with Crippen molar-refractivity contribution in [3.05, 3.63) is 29.8 Å². The Morgan fingerprint density at radius 2 is 1.64 bits per heavy atom. The number of hydrogen-bond donors (Lipinski definition) is 0. The average molecular weight is 224 g/mol. The van der Waals surface area contributed by atoms with Crippen LogP contribution in [0, 0.1) is 0 Å². The van der Waals surface area contributed by atoms with Crippen LogP contribution in [0.2, 0.25) is 19.6 Å². The van der Waals surface area contributed by atoms with Crippen LogP contribution >= 0.6 is 11.2 Å². The summed E-state index contributed by atoms with van der Waals surface area (Å²) in [6, 6.07) is 8.81. The lowest BCUT2D eigenvalue weighted by atomic mass is 10.0. The fourth-order valence-corrected chi connectivity index (χ4v) is 5.15. The molecule has 0 fully saturated rings. The summed E-state index contributed by atoms with van der Waals surface area (Å²) in [6.07, 6.45) is 0. The fourth-order valence-electron chi connectivity index (χ4n) is 1.38. The molecule has 2 heteroatoms. The van der Waals surface area contributed by atoms with Crippen LogP contribution in [0.15, 0.2) is 29.2 Å². The average Bonchev–Trinajstić information content (AvgIpc) is 2.01. The van der Waals surface area contributed by atoms with E-state index in [4.69, 9.17) is 0 Å². The first-order valence-electron chi connectivity index (χ1n) is 5.18. The first-order valence-corrected chi connectivity index (χ1v) is 10.2. The Bertz CT molecular complexity index is 299. The van der Waals surface area contributed by atoms with Gasteiger partial charge in [0.05, 0.1) is 0 Å². The molecule has 0 aliphatic rings. The SMILES string of the molecule is CC(C)c1ccccc1S[Si](C)(C)C. The second-order valence-electron chi connectivity index (χ2n) is 4.91. The van der Waals surface area contributed by atoms with Crippen LogP contribution in [0.3, 0.4) is 0 Å². The zero-order valence-corrected chi connectivity index (χ0v) is 11.6. The molecule has 1 rings (SSSR count). The summed E-state index contributed by atoms with van der Waals surface area (Å²) in [4.78, 5) is 1.49. The highest BCUT2D eigenvalue weighted by atomic mass is 32.4. The highest BCUT2D eigenvalue weighted by molar-refractivity contribution is 8.28. The van der Waals surface area contributed by atoms with Gasteiger partial charge in [-0.3, -0.25) is 0 Å². The molecule has 0 atom stereocenters. The second kappa shape index (κ2) is 4.54. The Labute approximate surface area is 92.8 Å². The monoisotopic (exact) mass is 224 g/mol. The lowest BCUT2D eigenvalue weighted by Crippen LogP contribution is -2.14. The van der Waals surface area contributed by atoms with Gasteiger partial charge in [0.2, 0.25) is 0 Å². The number of rotatable bonds is 3. The highest BCUT2D eigenvalue weighted by Gasteiger charge is 2.17. The van der Waals surface area contributed by atoms with Crippen LogP contribution in [0.4, 0.5) is 0 Å². The molecule has 0 saturated carbocycles. The standard InChI is InChI=1S/C12H20SSi/c1-10(2)11-8-6-7-9-12(11)13-14(3,4)5/h6-10H,1-5H3. The van der Waals surface area contributed by atoms with Crippen LogP contribution in [0.25, 0.3) is 0 Å². The topological polar surface area (TPSA) is 0 Å². The van der Waals surface area contributed by atoms with Gasteiger partial charge in [-0.2, -0.15) is 11.2 Å². The smallest absolute Gasteiger partial charge is 0.114 e. The molecule has 0 aromatic heterocycles. The third-order valence-electron chi connectivity index (χ3n) is 1.96. The summed E-state index contributed by atoms with van der Waals surface area (Å²) in [6.45, 7) is 11.7. The van der Waals surface area contributed by atoms with Crippen LogP contribution in [0.1, 0.15) is 25.3 Å². The van der Waals surface area contributed by atoms with Crippen molar-refractivity contribution in [1.29, 1.82) is 0 Å². The van der Waals surface area contributed by atoms with E-state index in [9.17, 15) is 0 Å². The van der Waals surface area contributed by atoms with Gasteiger partial charge in [0.1, 0.15) is 7.22 Å². The van der Waals surface area contributed by atoms with E-state index >= 15 is 0 Å². The van der Waals surface area contributed by atoms with E-state index in [2.05, 4.69) is 69.0 Å². The van der Waals surface area contributed by atoms with Crippen molar-refractivity contribution in [2.75, 3.05) is 0 Å². The van der Waals surface area contributed by atoms with Crippen LogP contribution in [-0.4, -0.2) is 7.22 Å². The van der Waals surface area contributed by atoms with E-state index in [1.165, 1.54) is 10.5 Å². The molecule has 0 aliphatic heterocycles. The zero-order chi connectivity index (χ0) is 10.8. The maximum Gasteiger partial charge on any atom is 0.114 e. The van der Waals surface area contributed by atoms with E-state index in [0.29, 0.717) is 5.92 Å². The quantitative estimate of drug-likeness (QED) is 0.668. The van der Waals surface area contributed by atoms with Gasteiger partial charge in [0.15, 0.2) is 0 Å². The first kappa shape index (κ1) is 11.9. The Balaban J connectivity index is 2.96. The molecule has 0 bridgehead atoms. The lowest BCUT2D eigenvalue weighted by molar-refractivity contribution is 0.843. The molecule has 1 aromatic rings. The van der Waals surface area contributed by atoms with Crippen molar-refractivity contribution in [1.82, 2.24) is 0 Å². The number of hydrogen-bond acceptors (Lipinski definition) is 1. The van der Waals surface area contributed by atoms with Gasteiger partial charge < -0.3 is 0 Å². The normalized spacial score (nSPS) is 12.1. The third-order valence-corrected chi connectivity index (χ3v) is 5.66. The molecule has 1 aromatic carbocycles. The zero-order valence-electron chi connectivity index (χ0n) is 9.79. The summed E-state index contributed by atoms with van der Waals surface area (Å²) in [7, 11) is -1.06. The molecule has 0 heterocycles. The minimum Gasteiger partial charge on any atom is -0.151 e. The van der Waals surface area contributed by atoms with Crippen molar-refractivity contribution in [2.24, 2.45) is 0 Å². The van der Waals surface area contributed by atoms with E-state index in [1.807, 2.05) is 0 Å². The molecule has 0 radical (unpaired) electrons. The van der Waals surface area contributed by atoms with E-state index in [0.717, 1.165) is 0 Å². The van der Waals surface area contributed by atoms with Gasteiger partial charge in [0.25, 0.3) is 0 Å². The Hall–Kier alpha value is -0.213. The molecule has 78 valence electrons. The molecule has 0 unspecified atom stereocenters. The molecule has 0 amide bonds. The summed E-state index contributed by atoms with van der Waals surface area (Å²) in [5.41, 5.74) is 1.50. The van der Waals surface area contributed by atoms with Gasteiger partial charge in [-0.1, -0.05) is 51.7 Å². The molecule has 0 N–H and O–H groups in total. The minimum absolute atomic E-state index is 0.634. The molecule has 0 saturated heterocycles. The molecule has 0 nitrogen and oxygen atoms in total. The second-order valence-corrected chi connectivity index (χ2v) is 14.1. The summed E-state index contributed by atoms with van der Waals surface area (Å²) in [5.74, 6) is 0.634. The first-order chi connectivity index (χ1) is 6.40. The van der Waals surface area contributed by atoms with Gasteiger partial charge in [-0.25, -0.2) is 0 Å². The minimum atomic E-state index is -1.06. The predicted molar refractivity (Wildman–Crippen MR) is 69.7 cm³/mol. The summed E-state index contributed by atoms with van der Waals surface area (Å²) >= 11 is 2.09. The van der Waals surface area contributed by atoms with E-state index < -0.39 is 7.22 Å². The van der Waals surface area contributed by atoms with Crippen molar-refractivity contribution in [3.63, 3.8) is 0 Å². The Morgan fingerprint density at radius 3 is 2.14 bits per heavy atom. The molecule has 14 heavy (non-hydrogen) atoms.